The second-order valence-corrected chi connectivity index (χ2v) is 5.27. The van der Waals surface area contributed by atoms with Crippen molar-refractivity contribution in [1.82, 2.24) is 10.2 Å². The first-order valence-corrected chi connectivity index (χ1v) is 6.66. The van der Waals surface area contributed by atoms with Gasteiger partial charge in [-0.25, -0.2) is 0 Å². The van der Waals surface area contributed by atoms with E-state index in [-0.39, 0.29) is 11.9 Å². The van der Waals surface area contributed by atoms with E-state index in [1.807, 2.05) is 11.9 Å². The zero-order valence-corrected chi connectivity index (χ0v) is 10.4. The van der Waals surface area contributed by atoms with E-state index in [4.69, 9.17) is 0 Å². The predicted octanol–water partition coefficient (Wildman–Crippen LogP) is 1.50. The van der Waals surface area contributed by atoms with Crippen LogP contribution in [0.3, 0.4) is 0 Å². The minimum absolute atomic E-state index is 0.0633. The molecule has 1 N–H and O–H groups in total. The van der Waals surface area contributed by atoms with Crippen LogP contribution in [0.1, 0.15) is 17.7 Å². The largest absolute Gasteiger partial charge is 0.344 e. The molecule has 2 rings (SSSR count). The minimum atomic E-state index is 0.0633. The van der Waals surface area contributed by atoms with Crippen LogP contribution in [0.15, 0.2) is 17.5 Å². The summed E-state index contributed by atoms with van der Waals surface area (Å²) in [5.41, 5.74) is 0. The van der Waals surface area contributed by atoms with Crippen LogP contribution in [0, 0.1) is 0 Å². The van der Waals surface area contributed by atoms with Crippen molar-refractivity contribution in [3.63, 3.8) is 0 Å². The van der Waals surface area contributed by atoms with E-state index in [2.05, 4.69) is 22.8 Å². The van der Waals surface area contributed by atoms with E-state index >= 15 is 0 Å². The van der Waals surface area contributed by atoms with Crippen LogP contribution in [0.4, 0.5) is 0 Å². The van der Waals surface area contributed by atoms with Crippen molar-refractivity contribution in [2.75, 3.05) is 20.1 Å². The fourth-order valence-corrected chi connectivity index (χ4v) is 2.70. The molecule has 0 aromatic carbocycles. The monoisotopic (exact) mass is 238 g/mol. The fourth-order valence-electron chi connectivity index (χ4n) is 2.00. The van der Waals surface area contributed by atoms with Crippen molar-refractivity contribution >= 4 is 17.2 Å². The van der Waals surface area contributed by atoms with Crippen LogP contribution in [0.5, 0.6) is 0 Å². The maximum absolute atomic E-state index is 12.0. The second kappa shape index (κ2) is 5.46. The normalized spacial score (nSPS) is 19.9. The van der Waals surface area contributed by atoms with Gasteiger partial charge in [0, 0.05) is 18.5 Å². The summed E-state index contributed by atoms with van der Waals surface area (Å²) < 4.78 is 0. The van der Waals surface area contributed by atoms with Crippen molar-refractivity contribution in [3.8, 4) is 0 Å². The molecule has 3 nitrogen and oxygen atoms in total. The molecule has 0 bridgehead atoms. The summed E-state index contributed by atoms with van der Waals surface area (Å²) in [6, 6.07) is 4.24. The number of carbonyl (C=O) groups is 1. The third-order valence-corrected chi connectivity index (χ3v) is 3.94. The number of rotatable bonds is 4. The molecular formula is C12H18N2OS. The van der Waals surface area contributed by atoms with Gasteiger partial charge in [0.25, 0.3) is 0 Å². The van der Waals surface area contributed by atoms with Crippen molar-refractivity contribution in [1.29, 1.82) is 0 Å². The summed E-state index contributed by atoms with van der Waals surface area (Å²) in [7, 11) is 1.90. The van der Waals surface area contributed by atoms with Gasteiger partial charge in [0.2, 0.25) is 5.91 Å². The fraction of sp³-hybridized carbons (Fsp3) is 0.583. The summed E-state index contributed by atoms with van der Waals surface area (Å²) >= 11 is 1.76. The standard InChI is InChI=1S/C12H18N2OS/c1-14(8-6-10-4-3-9-16-10)12(15)11-5-2-7-13-11/h3-4,9,11,13H,2,5-8H2,1H3. The van der Waals surface area contributed by atoms with Gasteiger partial charge in [-0.15, -0.1) is 11.3 Å². The average Bonchev–Trinajstić information content (AvgIpc) is 2.96. The van der Waals surface area contributed by atoms with Crippen LogP contribution in [0.25, 0.3) is 0 Å². The van der Waals surface area contributed by atoms with E-state index in [1.165, 1.54) is 4.88 Å². The third kappa shape index (κ3) is 2.83. The number of nitrogens with zero attached hydrogens (tertiary/aromatic N) is 1. The highest BCUT2D eigenvalue weighted by molar-refractivity contribution is 7.09. The topological polar surface area (TPSA) is 32.3 Å². The van der Waals surface area contributed by atoms with Gasteiger partial charge in [-0.1, -0.05) is 6.07 Å². The molecule has 16 heavy (non-hydrogen) atoms. The third-order valence-electron chi connectivity index (χ3n) is 3.01. The van der Waals surface area contributed by atoms with E-state index in [1.54, 1.807) is 11.3 Å². The Morgan fingerprint density at radius 1 is 1.69 bits per heavy atom. The molecule has 1 unspecified atom stereocenters. The molecule has 88 valence electrons. The zero-order valence-electron chi connectivity index (χ0n) is 9.61. The summed E-state index contributed by atoms with van der Waals surface area (Å²) in [5, 5.41) is 5.32. The van der Waals surface area contributed by atoms with Gasteiger partial charge in [-0.05, 0) is 37.3 Å². The van der Waals surface area contributed by atoms with Gasteiger partial charge in [0.1, 0.15) is 0 Å². The number of thiophene rings is 1. The molecule has 0 radical (unpaired) electrons. The highest BCUT2D eigenvalue weighted by atomic mass is 32.1. The maximum Gasteiger partial charge on any atom is 0.239 e. The molecule has 0 saturated carbocycles. The Morgan fingerprint density at radius 2 is 2.56 bits per heavy atom. The number of nitrogens with one attached hydrogen (secondary N) is 1. The minimum Gasteiger partial charge on any atom is -0.344 e. The first-order chi connectivity index (χ1) is 7.77. The molecule has 0 aliphatic carbocycles. The van der Waals surface area contributed by atoms with Gasteiger partial charge in [-0.3, -0.25) is 4.79 Å². The zero-order chi connectivity index (χ0) is 11.4. The van der Waals surface area contributed by atoms with Crippen molar-refractivity contribution in [2.24, 2.45) is 0 Å². The lowest BCUT2D eigenvalue weighted by Crippen LogP contribution is -2.42. The van der Waals surface area contributed by atoms with Crippen LogP contribution in [0.2, 0.25) is 0 Å². The SMILES string of the molecule is CN(CCc1cccs1)C(=O)C1CCCN1. The van der Waals surface area contributed by atoms with Gasteiger partial charge < -0.3 is 10.2 Å². The number of likely N-dealkylation sites (N-methyl/N-ethyl adjacent to an activating group) is 1. The molecule has 0 spiro atoms. The molecule has 2 heterocycles. The maximum atomic E-state index is 12.0. The van der Waals surface area contributed by atoms with Crippen LogP contribution >= 0.6 is 11.3 Å². The van der Waals surface area contributed by atoms with E-state index < -0.39 is 0 Å². The molecule has 1 saturated heterocycles. The van der Waals surface area contributed by atoms with E-state index in [0.29, 0.717) is 0 Å². The highest BCUT2D eigenvalue weighted by Gasteiger charge is 2.24. The Kier molecular flexibility index (Phi) is 3.96. The van der Waals surface area contributed by atoms with E-state index in [0.717, 1.165) is 32.4 Å². The van der Waals surface area contributed by atoms with Gasteiger partial charge in [0.15, 0.2) is 0 Å². The Balaban J connectivity index is 1.78. The number of carbonyl (C=O) groups excluding carboxylic acids is 1. The number of hydrogen-bond donors (Lipinski definition) is 1. The van der Waals surface area contributed by atoms with Crippen molar-refractivity contribution < 1.29 is 4.79 Å². The molecule has 1 aliphatic heterocycles. The Morgan fingerprint density at radius 3 is 3.19 bits per heavy atom. The van der Waals surface area contributed by atoms with Crippen LogP contribution < -0.4 is 5.32 Å². The van der Waals surface area contributed by atoms with Crippen molar-refractivity contribution in [3.05, 3.63) is 22.4 Å². The molecular weight excluding hydrogens is 220 g/mol. The quantitative estimate of drug-likeness (QED) is 0.862. The lowest BCUT2D eigenvalue weighted by Gasteiger charge is -2.20. The predicted molar refractivity (Wildman–Crippen MR) is 66.7 cm³/mol. The molecule has 1 amide bonds. The van der Waals surface area contributed by atoms with Gasteiger partial charge in [-0.2, -0.15) is 0 Å². The summed E-state index contributed by atoms with van der Waals surface area (Å²) in [6.07, 6.45) is 3.07. The molecule has 1 aliphatic rings. The van der Waals surface area contributed by atoms with Crippen LogP contribution in [-0.2, 0) is 11.2 Å². The highest BCUT2D eigenvalue weighted by Crippen LogP contribution is 2.11. The second-order valence-electron chi connectivity index (χ2n) is 4.24. The summed E-state index contributed by atoms with van der Waals surface area (Å²) in [5.74, 6) is 0.244. The Hall–Kier alpha value is -0.870. The lowest BCUT2D eigenvalue weighted by atomic mass is 10.2. The summed E-state index contributed by atoms with van der Waals surface area (Å²) in [4.78, 5) is 15.2. The molecule has 1 aromatic rings. The average molecular weight is 238 g/mol. The number of amides is 1. The Bertz CT molecular complexity index is 331. The first kappa shape index (κ1) is 11.6. The lowest BCUT2D eigenvalue weighted by molar-refractivity contribution is -0.131. The molecule has 1 fully saturated rings. The summed E-state index contributed by atoms with van der Waals surface area (Å²) in [6.45, 7) is 1.80. The van der Waals surface area contributed by atoms with Crippen molar-refractivity contribution in [2.45, 2.75) is 25.3 Å². The van der Waals surface area contributed by atoms with Gasteiger partial charge >= 0.3 is 0 Å². The molecule has 4 heteroatoms. The Labute approximate surface area is 100 Å². The molecule has 1 atom stereocenters. The van der Waals surface area contributed by atoms with Gasteiger partial charge in [0.05, 0.1) is 6.04 Å². The van der Waals surface area contributed by atoms with Crippen LogP contribution in [-0.4, -0.2) is 37.0 Å². The first-order valence-electron chi connectivity index (χ1n) is 5.78. The molecule has 1 aromatic heterocycles. The number of hydrogen-bond acceptors (Lipinski definition) is 3. The smallest absolute Gasteiger partial charge is 0.239 e. The van der Waals surface area contributed by atoms with E-state index in [9.17, 15) is 4.79 Å².